The lowest BCUT2D eigenvalue weighted by atomic mass is 10.0. The predicted molar refractivity (Wildman–Crippen MR) is 66.7 cm³/mol. The normalized spacial score (nSPS) is 11.9. The minimum Gasteiger partial charge on any atom is -0.469 e. The van der Waals surface area contributed by atoms with Gasteiger partial charge in [-0.1, -0.05) is 0 Å². The van der Waals surface area contributed by atoms with Gasteiger partial charge in [-0.05, 0) is 33.0 Å². The molecule has 1 N–H and O–H groups in total. The fourth-order valence-corrected chi connectivity index (χ4v) is 1.83. The molecule has 0 aliphatic carbocycles. The first-order valence-corrected chi connectivity index (χ1v) is 5.85. The molecule has 0 unspecified atom stereocenters. The summed E-state index contributed by atoms with van der Waals surface area (Å²) in [5.74, 6) is 1.01. The third-order valence-corrected chi connectivity index (χ3v) is 3.16. The molecule has 0 saturated carbocycles. The van der Waals surface area contributed by atoms with Crippen LogP contribution in [0.25, 0.3) is 0 Å². The van der Waals surface area contributed by atoms with Gasteiger partial charge in [0.25, 0.3) is 0 Å². The van der Waals surface area contributed by atoms with Crippen LogP contribution in [0, 0.1) is 0 Å². The summed E-state index contributed by atoms with van der Waals surface area (Å²) >= 11 is 0. The average Bonchev–Trinajstić information content (AvgIpc) is 2.97. The Morgan fingerprint density at radius 1 is 1.47 bits per heavy atom. The standard InChI is InChI=1S/C13H19N3O/c1-13(2,14-3)12-9-15-10-16(12)7-6-11-5-4-8-17-11/h4-5,8-10,14H,6-7H2,1-3H3. The number of imidazole rings is 1. The molecular formula is C13H19N3O. The first-order chi connectivity index (χ1) is 8.13. The van der Waals surface area contributed by atoms with Gasteiger partial charge in [-0.2, -0.15) is 0 Å². The van der Waals surface area contributed by atoms with Crippen LogP contribution in [0.4, 0.5) is 0 Å². The summed E-state index contributed by atoms with van der Waals surface area (Å²) in [6.45, 7) is 5.18. The molecule has 92 valence electrons. The maximum Gasteiger partial charge on any atom is 0.105 e. The van der Waals surface area contributed by atoms with Crippen LogP contribution >= 0.6 is 0 Å². The van der Waals surface area contributed by atoms with Gasteiger partial charge in [0.2, 0.25) is 0 Å². The quantitative estimate of drug-likeness (QED) is 0.860. The van der Waals surface area contributed by atoms with Crippen LogP contribution in [0.5, 0.6) is 0 Å². The van der Waals surface area contributed by atoms with Crippen LogP contribution in [0.3, 0.4) is 0 Å². The van der Waals surface area contributed by atoms with Gasteiger partial charge in [-0.3, -0.25) is 0 Å². The molecule has 0 aliphatic heterocycles. The van der Waals surface area contributed by atoms with Crippen molar-refractivity contribution in [3.05, 3.63) is 42.4 Å². The predicted octanol–water partition coefficient (Wildman–Crippen LogP) is 2.17. The zero-order chi connectivity index (χ0) is 12.3. The van der Waals surface area contributed by atoms with Crippen molar-refractivity contribution in [2.45, 2.75) is 32.4 Å². The molecule has 2 aromatic heterocycles. The highest BCUT2D eigenvalue weighted by Crippen LogP contribution is 2.19. The highest BCUT2D eigenvalue weighted by atomic mass is 16.3. The smallest absolute Gasteiger partial charge is 0.105 e. The van der Waals surface area contributed by atoms with E-state index < -0.39 is 0 Å². The molecule has 2 aromatic rings. The molecule has 0 saturated heterocycles. The summed E-state index contributed by atoms with van der Waals surface area (Å²) in [5, 5.41) is 3.29. The summed E-state index contributed by atoms with van der Waals surface area (Å²) in [4.78, 5) is 4.23. The van der Waals surface area contributed by atoms with Crippen molar-refractivity contribution in [1.82, 2.24) is 14.9 Å². The van der Waals surface area contributed by atoms with E-state index in [1.807, 2.05) is 31.7 Å². The summed E-state index contributed by atoms with van der Waals surface area (Å²) in [5.41, 5.74) is 1.12. The second-order valence-corrected chi connectivity index (χ2v) is 4.68. The van der Waals surface area contributed by atoms with E-state index in [1.54, 1.807) is 6.26 Å². The first-order valence-electron chi connectivity index (χ1n) is 5.85. The van der Waals surface area contributed by atoms with E-state index in [1.165, 1.54) is 5.69 Å². The van der Waals surface area contributed by atoms with Crippen molar-refractivity contribution in [2.75, 3.05) is 7.05 Å². The molecule has 4 nitrogen and oxygen atoms in total. The molecular weight excluding hydrogens is 214 g/mol. The minimum atomic E-state index is -0.0698. The van der Waals surface area contributed by atoms with Gasteiger partial charge in [-0.25, -0.2) is 4.98 Å². The fourth-order valence-electron chi connectivity index (χ4n) is 1.83. The molecule has 0 atom stereocenters. The van der Waals surface area contributed by atoms with E-state index >= 15 is 0 Å². The van der Waals surface area contributed by atoms with Crippen LogP contribution in [0.1, 0.15) is 25.3 Å². The number of aromatic nitrogens is 2. The van der Waals surface area contributed by atoms with Gasteiger partial charge in [-0.15, -0.1) is 0 Å². The van der Waals surface area contributed by atoms with Gasteiger partial charge in [0.15, 0.2) is 0 Å². The Bertz CT molecular complexity index is 457. The second kappa shape index (κ2) is 4.75. The monoisotopic (exact) mass is 233 g/mol. The number of hydrogen-bond acceptors (Lipinski definition) is 3. The molecule has 0 spiro atoms. The van der Waals surface area contributed by atoms with Gasteiger partial charge in [0, 0.05) is 19.2 Å². The van der Waals surface area contributed by atoms with Crippen molar-refractivity contribution >= 4 is 0 Å². The number of furan rings is 1. The molecule has 0 aliphatic rings. The fraction of sp³-hybridized carbons (Fsp3) is 0.462. The first kappa shape index (κ1) is 11.9. The van der Waals surface area contributed by atoms with E-state index in [0.717, 1.165) is 18.7 Å². The summed E-state index contributed by atoms with van der Waals surface area (Å²) in [6, 6.07) is 3.92. The zero-order valence-corrected chi connectivity index (χ0v) is 10.6. The highest BCUT2D eigenvalue weighted by molar-refractivity contribution is 5.11. The number of nitrogens with zero attached hydrogens (tertiary/aromatic N) is 2. The lowest BCUT2D eigenvalue weighted by Gasteiger charge is -2.25. The Morgan fingerprint density at radius 3 is 2.94 bits per heavy atom. The van der Waals surface area contributed by atoms with E-state index in [-0.39, 0.29) is 5.54 Å². The Balaban J connectivity index is 2.09. The third kappa shape index (κ3) is 2.58. The third-order valence-electron chi connectivity index (χ3n) is 3.16. The molecule has 0 aromatic carbocycles. The molecule has 0 fully saturated rings. The summed E-state index contributed by atoms with van der Waals surface area (Å²) < 4.78 is 7.50. The van der Waals surface area contributed by atoms with E-state index in [4.69, 9.17) is 4.42 Å². The van der Waals surface area contributed by atoms with Crippen LogP contribution in [0.2, 0.25) is 0 Å². The lowest BCUT2D eigenvalue weighted by Crippen LogP contribution is -2.35. The number of hydrogen-bond donors (Lipinski definition) is 1. The summed E-state index contributed by atoms with van der Waals surface area (Å²) in [6.07, 6.45) is 6.38. The van der Waals surface area contributed by atoms with Crippen molar-refractivity contribution in [2.24, 2.45) is 0 Å². The van der Waals surface area contributed by atoms with Crippen molar-refractivity contribution in [3.63, 3.8) is 0 Å². The molecule has 0 bridgehead atoms. The van der Waals surface area contributed by atoms with Crippen LogP contribution in [-0.2, 0) is 18.5 Å². The van der Waals surface area contributed by atoms with Crippen LogP contribution in [-0.4, -0.2) is 16.6 Å². The minimum absolute atomic E-state index is 0.0698. The maximum atomic E-state index is 5.33. The van der Waals surface area contributed by atoms with Gasteiger partial charge >= 0.3 is 0 Å². The molecule has 2 rings (SSSR count). The largest absolute Gasteiger partial charge is 0.469 e. The van der Waals surface area contributed by atoms with Crippen LogP contribution < -0.4 is 5.32 Å². The zero-order valence-electron chi connectivity index (χ0n) is 10.6. The molecule has 17 heavy (non-hydrogen) atoms. The lowest BCUT2D eigenvalue weighted by molar-refractivity contribution is 0.403. The second-order valence-electron chi connectivity index (χ2n) is 4.68. The maximum absolute atomic E-state index is 5.33. The van der Waals surface area contributed by atoms with Crippen molar-refractivity contribution < 1.29 is 4.42 Å². The van der Waals surface area contributed by atoms with Crippen LogP contribution in [0.15, 0.2) is 35.3 Å². The SMILES string of the molecule is CNC(C)(C)c1cncn1CCc1ccco1. The van der Waals surface area contributed by atoms with E-state index in [0.29, 0.717) is 0 Å². The Hall–Kier alpha value is -1.55. The van der Waals surface area contributed by atoms with Crippen molar-refractivity contribution in [1.29, 1.82) is 0 Å². The van der Waals surface area contributed by atoms with Crippen molar-refractivity contribution in [3.8, 4) is 0 Å². The Labute approximate surface area is 102 Å². The Morgan fingerprint density at radius 2 is 2.29 bits per heavy atom. The van der Waals surface area contributed by atoms with E-state index in [2.05, 4.69) is 28.7 Å². The van der Waals surface area contributed by atoms with Gasteiger partial charge < -0.3 is 14.3 Å². The van der Waals surface area contributed by atoms with E-state index in [9.17, 15) is 0 Å². The number of rotatable bonds is 5. The number of aryl methyl sites for hydroxylation is 2. The van der Waals surface area contributed by atoms with Gasteiger partial charge in [0.1, 0.15) is 5.76 Å². The molecule has 0 radical (unpaired) electrons. The highest BCUT2D eigenvalue weighted by Gasteiger charge is 2.21. The topological polar surface area (TPSA) is 43.0 Å². The molecule has 0 amide bonds. The Kier molecular flexibility index (Phi) is 3.33. The number of nitrogens with one attached hydrogen (secondary N) is 1. The summed E-state index contributed by atoms with van der Waals surface area (Å²) in [7, 11) is 1.96. The van der Waals surface area contributed by atoms with Gasteiger partial charge in [0.05, 0.1) is 23.8 Å². The average molecular weight is 233 g/mol. The molecule has 2 heterocycles. The molecule has 4 heteroatoms.